The Morgan fingerprint density at radius 3 is 2.16 bits per heavy atom. The smallest absolute Gasteiger partial charge is 0.315 e. The number of rotatable bonds is 14. The molecule has 7 rings (SSSR count). The summed E-state index contributed by atoms with van der Waals surface area (Å²) in [5, 5.41) is 33.9. The van der Waals surface area contributed by atoms with Crippen molar-refractivity contribution in [2.45, 2.75) is 63.3 Å². The number of hydrogen-bond donors (Lipinski definition) is 6. The third kappa shape index (κ3) is 9.11. The van der Waals surface area contributed by atoms with Crippen LogP contribution in [-0.4, -0.2) is 97.6 Å². The normalized spacial score (nSPS) is 20.4. The van der Waals surface area contributed by atoms with Gasteiger partial charge in [-0.15, -0.1) is 0 Å². The molecule has 2 fully saturated rings. The Morgan fingerprint density at radius 2 is 1.51 bits per heavy atom. The lowest BCUT2D eigenvalue weighted by molar-refractivity contribution is -0.137. The number of piperidine rings is 1. The Bertz CT molecular complexity index is 1970. The maximum absolute atomic E-state index is 13.1. The van der Waals surface area contributed by atoms with Gasteiger partial charge >= 0.3 is 6.03 Å². The first-order valence-corrected chi connectivity index (χ1v) is 19.0. The molecule has 5 aromatic rings. The van der Waals surface area contributed by atoms with Gasteiger partial charge in [0.05, 0.1) is 12.9 Å². The zero-order valence-electron chi connectivity index (χ0n) is 30.9. The van der Waals surface area contributed by atoms with E-state index in [4.69, 9.17) is 14.7 Å². The maximum Gasteiger partial charge on any atom is 0.315 e. The Kier molecular flexibility index (Phi) is 12.3. The van der Waals surface area contributed by atoms with Crippen molar-refractivity contribution < 1.29 is 24.5 Å². The molecule has 2 saturated heterocycles. The summed E-state index contributed by atoms with van der Waals surface area (Å²) >= 11 is 0. The van der Waals surface area contributed by atoms with Gasteiger partial charge < -0.3 is 36.2 Å². The monoisotopic (exact) mass is 747 g/mol. The highest BCUT2D eigenvalue weighted by molar-refractivity contribution is 5.84. The zero-order valence-corrected chi connectivity index (χ0v) is 30.9. The van der Waals surface area contributed by atoms with Crippen LogP contribution in [0.4, 0.5) is 10.6 Å². The van der Waals surface area contributed by atoms with Gasteiger partial charge in [0.25, 0.3) is 5.91 Å². The molecule has 3 aromatic carbocycles. The van der Waals surface area contributed by atoms with E-state index in [0.717, 1.165) is 43.6 Å². The van der Waals surface area contributed by atoms with Gasteiger partial charge in [-0.2, -0.15) is 0 Å². The lowest BCUT2D eigenvalue weighted by atomic mass is 9.91. The Balaban J connectivity index is 1.07. The molecule has 0 unspecified atom stereocenters. The second-order valence-corrected chi connectivity index (χ2v) is 14.2. The number of benzene rings is 3. The van der Waals surface area contributed by atoms with Gasteiger partial charge in [0.2, 0.25) is 0 Å². The van der Waals surface area contributed by atoms with Crippen molar-refractivity contribution in [1.82, 2.24) is 40.4 Å². The van der Waals surface area contributed by atoms with Crippen molar-refractivity contribution in [3.63, 3.8) is 0 Å². The molecule has 55 heavy (non-hydrogen) atoms. The van der Waals surface area contributed by atoms with Gasteiger partial charge in [0.1, 0.15) is 12.2 Å². The number of urea groups is 1. The van der Waals surface area contributed by atoms with E-state index in [0.29, 0.717) is 48.4 Å². The molecular formula is C41H49N9O5. The summed E-state index contributed by atoms with van der Waals surface area (Å²) in [6.45, 7) is 6.04. The summed E-state index contributed by atoms with van der Waals surface area (Å²) in [6.07, 6.45) is -1.88. The number of likely N-dealkylation sites (N-methyl/N-ethyl adjacent to an activating group) is 1. The highest BCUT2D eigenvalue weighted by Crippen LogP contribution is 2.33. The van der Waals surface area contributed by atoms with Gasteiger partial charge in [-0.1, -0.05) is 91.0 Å². The van der Waals surface area contributed by atoms with Crippen LogP contribution in [0.15, 0.2) is 97.3 Å². The fourth-order valence-corrected chi connectivity index (χ4v) is 7.38. The minimum Gasteiger partial charge on any atom is -0.387 e. The summed E-state index contributed by atoms with van der Waals surface area (Å²) in [6, 6.07) is 30.5. The molecule has 3 amide bonds. The molecule has 14 heteroatoms. The highest BCUT2D eigenvalue weighted by Gasteiger charge is 2.47. The molecule has 0 radical (unpaired) electrons. The number of imidazole rings is 1. The van der Waals surface area contributed by atoms with Crippen LogP contribution >= 0.6 is 0 Å². The fraction of sp³-hybridized carbons (Fsp3) is 0.390. The summed E-state index contributed by atoms with van der Waals surface area (Å²) < 4.78 is 7.41. The van der Waals surface area contributed by atoms with Crippen LogP contribution in [0.2, 0.25) is 0 Å². The van der Waals surface area contributed by atoms with E-state index in [1.807, 2.05) is 42.5 Å². The number of nitrogens with one attached hydrogen (secondary N) is 4. The van der Waals surface area contributed by atoms with Crippen molar-refractivity contribution >= 4 is 28.9 Å². The number of aliphatic hydroxyl groups excluding tert-OH is 2. The zero-order chi connectivity index (χ0) is 38.1. The van der Waals surface area contributed by atoms with Gasteiger partial charge in [-0.25, -0.2) is 19.7 Å². The van der Waals surface area contributed by atoms with Crippen molar-refractivity contribution in [2.75, 3.05) is 38.0 Å². The predicted molar refractivity (Wildman–Crippen MR) is 208 cm³/mol. The van der Waals surface area contributed by atoms with Crippen molar-refractivity contribution in [1.29, 1.82) is 0 Å². The number of nitrogens with zero attached hydrogens (tertiary/aromatic N) is 5. The van der Waals surface area contributed by atoms with E-state index in [9.17, 15) is 19.8 Å². The van der Waals surface area contributed by atoms with Gasteiger partial charge in [0, 0.05) is 32.1 Å². The van der Waals surface area contributed by atoms with Crippen LogP contribution in [-0.2, 0) is 22.6 Å². The molecule has 0 aliphatic carbocycles. The minimum atomic E-state index is -1.47. The van der Waals surface area contributed by atoms with Crippen LogP contribution < -0.4 is 21.3 Å². The summed E-state index contributed by atoms with van der Waals surface area (Å²) in [7, 11) is 0. The Hall–Kier alpha value is -5.41. The number of aliphatic hydroxyl groups is 2. The molecule has 4 atom stereocenters. The lowest BCUT2D eigenvalue weighted by Gasteiger charge is -2.32. The van der Waals surface area contributed by atoms with Crippen LogP contribution in [0.5, 0.6) is 0 Å². The number of carbonyl (C=O) groups is 2. The van der Waals surface area contributed by atoms with E-state index in [-0.39, 0.29) is 18.5 Å². The highest BCUT2D eigenvalue weighted by atomic mass is 16.6. The van der Waals surface area contributed by atoms with Crippen molar-refractivity contribution in [3.8, 4) is 0 Å². The van der Waals surface area contributed by atoms with Crippen molar-refractivity contribution in [3.05, 3.63) is 120 Å². The first kappa shape index (κ1) is 37.9. The molecular weight excluding hydrogens is 699 g/mol. The second-order valence-electron chi connectivity index (χ2n) is 14.2. The SMILES string of the molecule is CCNC(=O)[C@H]1O[C@@H](n2cnc3c(NCC(c4ccccc4)c4ccccc4)nc(CNC(=O)NCC4CCN(Cc5ccccc5)CC4)nc32)[C@H](O)[C@@H]1O. The van der Waals surface area contributed by atoms with Crippen LogP contribution in [0.3, 0.4) is 0 Å². The van der Waals surface area contributed by atoms with Gasteiger partial charge in [-0.05, 0) is 55.5 Å². The number of amides is 3. The van der Waals surface area contributed by atoms with E-state index in [2.05, 4.69) is 79.7 Å². The molecule has 288 valence electrons. The molecule has 2 aromatic heterocycles. The fourth-order valence-electron chi connectivity index (χ4n) is 7.38. The Morgan fingerprint density at radius 1 is 0.855 bits per heavy atom. The number of fused-ring (bicyclic) bond motifs is 1. The van der Waals surface area contributed by atoms with E-state index < -0.39 is 30.4 Å². The van der Waals surface area contributed by atoms with Crippen LogP contribution in [0.1, 0.15) is 54.4 Å². The summed E-state index contributed by atoms with van der Waals surface area (Å²) in [5.41, 5.74) is 4.25. The Labute approximate surface area is 320 Å². The summed E-state index contributed by atoms with van der Waals surface area (Å²) in [4.78, 5) is 42.3. The van der Waals surface area contributed by atoms with E-state index in [1.165, 1.54) is 16.5 Å². The third-order valence-corrected chi connectivity index (χ3v) is 10.4. The molecule has 0 bridgehead atoms. The molecule has 2 aliphatic heterocycles. The van der Waals surface area contributed by atoms with E-state index in [1.54, 1.807) is 6.92 Å². The second kappa shape index (κ2) is 17.8. The molecule has 0 spiro atoms. The first-order valence-electron chi connectivity index (χ1n) is 19.0. The van der Waals surface area contributed by atoms with Crippen LogP contribution in [0, 0.1) is 5.92 Å². The average Bonchev–Trinajstić information content (AvgIpc) is 3.77. The van der Waals surface area contributed by atoms with E-state index >= 15 is 0 Å². The number of ether oxygens (including phenoxy) is 1. The predicted octanol–water partition coefficient (Wildman–Crippen LogP) is 3.54. The third-order valence-electron chi connectivity index (χ3n) is 10.4. The molecule has 4 heterocycles. The van der Waals surface area contributed by atoms with Crippen LogP contribution in [0.25, 0.3) is 11.2 Å². The quantitative estimate of drug-likeness (QED) is 0.0985. The largest absolute Gasteiger partial charge is 0.387 e. The van der Waals surface area contributed by atoms with Gasteiger partial charge in [-0.3, -0.25) is 14.3 Å². The number of anilines is 1. The summed E-state index contributed by atoms with van der Waals surface area (Å²) in [5.74, 6) is 0.549. The van der Waals surface area contributed by atoms with Crippen molar-refractivity contribution in [2.24, 2.45) is 5.92 Å². The number of carbonyl (C=O) groups excluding carboxylic acids is 2. The van der Waals surface area contributed by atoms with Gasteiger partial charge in [0.15, 0.2) is 35.1 Å². The standard InChI is InChI=1S/C41H49N9O5/c1-2-42-39(53)36-34(51)35(52)40(55-36)50-26-46-33-37(43-23-31(29-14-8-4-9-15-29)30-16-10-5-11-17-30)47-32(48-38(33)50)24-45-41(54)44-22-27-18-20-49(21-19-27)25-28-12-6-3-7-13-28/h3-17,26-27,31,34-36,40,51-52H,2,18-25H2,1H3,(H,42,53)(H,43,47,48)(H2,44,45,54)/t34-,35+,36-,40+/m0/s1. The molecule has 2 aliphatic rings. The maximum atomic E-state index is 13.1. The number of likely N-dealkylation sites (tertiary alicyclic amines) is 1. The molecule has 6 N–H and O–H groups in total. The average molecular weight is 748 g/mol. The molecule has 0 saturated carbocycles. The molecule has 14 nitrogen and oxygen atoms in total. The first-order chi connectivity index (χ1) is 26.9. The topological polar surface area (TPSA) is 179 Å². The number of hydrogen-bond acceptors (Lipinski definition) is 10. The lowest BCUT2D eigenvalue weighted by Crippen LogP contribution is -2.42. The minimum absolute atomic E-state index is 0.0101. The number of aromatic nitrogens is 4.